The summed E-state index contributed by atoms with van der Waals surface area (Å²) in [5, 5.41) is 3.56. The minimum Gasteiger partial charge on any atom is -0.385 e. The van der Waals surface area contributed by atoms with Crippen LogP contribution in [0.25, 0.3) is 22.6 Å². The van der Waals surface area contributed by atoms with Crippen LogP contribution < -0.4 is 16.6 Å². The van der Waals surface area contributed by atoms with E-state index in [1.807, 2.05) is 17.6 Å². The van der Waals surface area contributed by atoms with E-state index in [1.165, 1.54) is 195 Å². The van der Waals surface area contributed by atoms with Gasteiger partial charge in [0.1, 0.15) is 0 Å². The Balaban J connectivity index is -0.00000111. The molecule has 3 aromatic rings. The molecule has 0 amide bonds. The van der Waals surface area contributed by atoms with Crippen LogP contribution in [-0.2, 0) is 6.54 Å². The Morgan fingerprint density at radius 1 is 0.466 bits per heavy atom. The molecular formula is C65H114BrN5O2. The summed E-state index contributed by atoms with van der Waals surface area (Å²) in [7, 11) is 0. The molecule has 2 heterocycles. The fraction of sp³-hybridized carbons (Fsp3) is 0.662. The Kier molecular flexibility index (Phi) is 44.8. The Morgan fingerprint density at radius 2 is 0.863 bits per heavy atom. The van der Waals surface area contributed by atoms with Crippen molar-refractivity contribution in [3.8, 4) is 11.5 Å². The van der Waals surface area contributed by atoms with Crippen LogP contribution in [0, 0.1) is 41.5 Å². The SMILES string of the molecule is C.C.C.C.C.CCCCCCCCCCCCCCCCNc1ccc(C)c(C)c1.CCCCCCCCCCCCCCCCn1c2nc(=O)[nH]c(=O)c-2nc2cc(C)c(C)cc21.Cc1ccc(Br)cc1C. The van der Waals surface area contributed by atoms with E-state index >= 15 is 0 Å². The summed E-state index contributed by atoms with van der Waals surface area (Å²) in [6.07, 6.45) is 38.4. The molecular weight excluding hydrogens is 963 g/mol. The normalized spacial score (nSPS) is 10.4. The van der Waals surface area contributed by atoms with Gasteiger partial charge >= 0.3 is 5.69 Å². The highest BCUT2D eigenvalue weighted by Gasteiger charge is 2.19. The highest BCUT2D eigenvalue weighted by atomic mass is 79.9. The summed E-state index contributed by atoms with van der Waals surface area (Å²) in [6.45, 7) is 19.1. The second kappa shape index (κ2) is 44.5. The largest absolute Gasteiger partial charge is 0.385 e. The fourth-order valence-corrected chi connectivity index (χ4v) is 9.32. The van der Waals surface area contributed by atoms with Gasteiger partial charge < -0.3 is 9.88 Å². The molecule has 7 nitrogen and oxygen atoms in total. The van der Waals surface area contributed by atoms with Crippen molar-refractivity contribution in [3.63, 3.8) is 0 Å². The second-order valence-corrected chi connectivity index (χ2v) is 20.8. The van der Waals surface area contributed by atoms with Gasteiger partial charge in [0.15, 0.2) is 11.5 Å². The molecule has 0 bridgehead atoms. The molecule has 2 aliphatic heterocycles. The number of aromatic amines is 1. The number of nitrogens with one attached hydrogen (secondary N) is 2. The van der Waals surface area contributed by atoms with Crippen LogP contribution >= 0.6 is 15.9 Å². The number of hydrogen-bond acceptors (Lipinski definition) is 5. The van der Waals surface area contributed by atoms with E-state index in [1.54, 1.807) is 0 Å². The van der Waals surface area contributed by atoms with E-state index in [-0.39, 0.29) is 42.8 Å². The molecule has 418 valence electrons. The maximum atomic E-state index is 12.4. The molecule has 0 aliphatic carbocycles. The van der Waals surface area contributed by atoms with Gasteiger partial charge in [0, 0.05) is 23.2 Å². The molecule has 0 saturated heterocycles. The molecule has 0 fully saturated rings. The first-order chi connectivity index (χ1) is 32.9. The number of aromatic nitrogens is 4. The Labute approximate surface area is 459 Å². The van der Waals surface area contributed by atoms with Gasteiger partial charge in [0.05, 0.1) is 11.0 Å². The summed E-state index contributed by atoms with van der Waals surface area (Å²) < 4.78 is 3.17. The molecule has 0 radical (unpaired) electrons. The smallest absolute Gasteiger partial charge is 0.349 e. The number of rotatable bonds is 31. The summed E-state index contributed by atoms with van der Waals surface area (Å²) in [6, 6.07) is 17.1. The lowest BCUT2D eigenvalue weighted by molar-refractivity contribution is 0.525. The first kappa shape index (κ1) is 73.5. The maximum Gasteiger partial charge on any atom is 0.349 e. The first-order valence-corrected chi connectivity index (χ1v) is 28.2. The van der Waals surface area contributed by atoms with E-state index < -0.39 is 11.2 Å². The summed E-state index contributed by atoms with van der Waals surface area (Å²) >= 11 is 3.40. The van der Waals surface area contributed by atoms with Gasteiger partial charge in [-0.15, -0.1) is 0 Å². The minimum atomic E-state index is -0.614. The lowest BCUT2D eigenvalue weighted by atomic mass is 10.0. The van der Waals surface area contributed by atoms with E-state index in [0.717, 1.165) is 52.6 Å². The third-order valence-corrected chi connectivity index (χ3v) is 14.3. The van der Waals surface area contributed by atoms with Gasteiger partial charge in [-0.1, -0.05) is 246 Å². The Morgan fingerprint density at radius 3 is 1.30 bits per heavy atom. The number of nitrogens with zero attached hydrogens (tertiary/aromatic N) is 3. The monoisotopic (exact) mass is 1080 g/mol. The standard InChI is InChI=1S/C28H42N4O2.C24H43N.C8H9Br.5CH4/c1-4-5-6-7-8-9-10-11-12-13-14-15-16-17-18-32-24-20-22(3)21(2)19-23(24)29-25-26(32)30-28(34)31-27(25)33;1-4-5-6-7-8-9-10-11-12-13-14-15-16-17-20-25-24-19-18-22(2)23(3)21-24;1-6-3-4-8(9)5-7(6)2;;;;;/h19-20H,4-18H2,1-3H3,(H,31,33,34);18-19,21,25H,4-17,20H2,1-3H3;3-5H,1-2H3;5*1H4. The van der Waals surface area contributed by atoms with Crippen molar-refractivity contribution in [1.82, 2.24) is 19.5 Å². The molecule has 8 heteroatoms. The van der Waals surface area contributed by atoms with Crippen molar-refractivity contribution in [2.45, 2.75) is 279 Å². The van der Waals surface area contributed by atoms with E-state index in [9.17, 15) is 9.59 Å². The van der Waals surface area contributed by atoms with Gasteiger partial charge in [-0.2, -0.15) is 4.98 Å². The topological polar surface area (TPSA) is 92.7 Å². The predicted octanol–water partition coefficient (Wildman–Crippen LogP) is 21.1. The highest BCUT2D eigenvalue weighted by Crippen LogP contribution is 2.25. The number of hydrogen-bond donors (Lipinski definition) is 2. The van der Waals surface area contributed by atoms with Gasteiger partial charge in [0.25, 0.3) is 5.56 Å². The molecule has 0 aromatic heterocycles. The van der Waals surface area contributed by atoms with Crippen LogP contribution in [0.15, 0.2) is 62.6 Å². The zero-order chi connectivity index (χ0) is 49.4. The highest BCUT2D eigenvalue weighted by molar-refractivity contribution is 9.10. The molecule has 5 rings (SSSR count). The molecule has 0 unspecified atom stereocenters. The predicted molar refractivity (Wildman–Crippen MR) is 333 cm³/mol. The van der Waals surface area contributed by atoms with Crippen LogP contribution in [0.5, 0.6) is 0 Å². The van der Waals surface area contributed by atoms with Crippen molar-refractivity contribution in [2.75, 3.05) is 11.9 Å². The van der Waals surface area contributed by atoms with E-state index in [4.69, 9.17) is 0 Å². The fourth-order valence-electron chi connectivity index (χ4n) is 8.85. The van der Waals surface area contributed by atoms with Gasteiger partial charge in [-0.25, -0.2) is 9.78 Å². The summed E-state index contributed by atoms with van der Waals surface area (Å²) in [5.74, 6) is 0.388. The zero-order valence-corrected chi connectivity index (χ0v) is 46.0. The zero-order valence-electron chi connectivity index (χ0n) is 44.4. The number of halogens is 1. The molecule has 0 saturated carbocycles. The van der Waals surface area contributed by atoms with Gasteiger partial charge in [-0.05, 0) is 124 Å². The molecule has 2 aliphatic rings. The maximum absolute atomic E-state index is 12.4. The van der Waals surface area contributed by atoms with Crippen molar-refractivity contribution in [3.05, 3.63) is 107 Å². The summed E-state index contributed by atoms with van der Waals surface area (Å²) in [5.41, 5.74) is 9.87. The van der Waals surface area contributed by atoms with Crippen molar-refractivity contribution < 1.29 is 0 Å². The van der Waals surface area contributed by atoms with E-state index in [2.05, 4.69) is 127 Å². The number of anilines is 1. The average Bonchev–Trinajstić information content (AvgIpc) is 3.31. The Hall–Kier alpha value is -3.78. The van der Waals surface area contributed by atoms with Crippen LogP contribution in [0.4, 0.5) is 5.69 Å². The van der Waals surface area contributed by atoms with E-state index in [0.29, 0.717) is 5.82 Å². The van der Waals surface area contributed by atoms with Gasteiger partial charge in [0.2, 0.25) is 0 Å². The lowest BCUT2D eigenvalue weighted by Crippen LogP contribution is -2.29. The molecule has 2 N–H and O–H groups in total. The Bertz CT molecular complexity index is 2210. The molecule has 3 aromatic carbocycles. The number of benzene rings is 3. The second-order valence-electron chi connectivity index (χ2n) is 19.9. The number of H-pyrrole nitrogens is 1. The van der Waals surface area contributed by atoms with Crippen molar-refractivity contribution in [1.29, 1.82) is 0 Å². The third kappa shape index (κ3) is 30.4. The van der Waals surface area contributed by atoms with Gasteiger partial charge in [-0.3, -0.25) is 9.78 Å². The van der Waals surface area contributed by atoms with Crippen LogP contribution in [0.1, 0.15) is 264 Å². The summed E-state index contributed by atoms with van der Waals surface area (Å²) in [4.78, 5) is 35.2. The number of unbranched alkanes of at least 4 members (excludes halogenated alkanes) is 26. The van der Waals surface area contributed by atoms with Crippen molar-refractivity contribution >= 4 is 32.7 Å². The first-order valence-electron chi connectivity index (χ1n) is 27.4. The van der Waals surface area contributed by atoms with Crippen LogP contribution in [0.3, 0.4) is 0 Å². The molecule has 73 heavy (non-hydrogen) atoms. The quantitative estimate of drug-likeness (QED) is 0.0341. The number of fused-ring (bicyclic) bond motifs is 2. The van der Waals surface area contributed by atoms with Crippen LogP contribution in [-0.4, -0.2) is 26.1 Å². The van der Waals surface area contributed by atoms with Crippen molar-refractivity contribution in [2.24, 2.45) is 0 Å². The number of aryl methyl sites for hydroxylation is 7. The molecule has 0 spiro atoms. The minimum absolute atomic E-state index is 0. The lowest BCUT2D eigenvalue weighted by Gasteiger charge is -2.17. The van der Waals surface area contributed by atoms with Crippen LogP contribution in [0.2, 0.25) is 0 Å². The average molecular weight is 1080 g/mol. The molecule has 0 atom stereocenters. The third-order valence-electron chi connectivity index (χ3n) is 13.8.